The molecule has 1 aliphatic heterocycles. The van der Waals surface area contributed by atoms with Crippen molar-refractivity contribution in [1.29, 1.82) is 0 Å². The quantitative estimate of drug-likeness (QED) is 0.466. The zero-order valence-electron chi connectivity index (χ0n) is 15.3. The highest BCUT2D eigenvalue weighted by atomic mass is 16.6. The van der Waals surface area contributed by atoms with E-state index in [0.717, 1.165) is 5.69 Å². The van der Waals surface area contributed by atoms with Gasteiger partial charge < -0.3 is 25.4 Å². The van der Waals surface area contributed by atoms with Crippen LogP contribution in [0.4, 0.5) is 22.7 Å². The summed E-state index contributed by atoms with van der Waals surface area (Å²) in [6.07, 6.45) is 0.0912. The van der Waals surface area contributed by atoms with Gasteiger partial charge in [0.1, 0.15) is 5.69 Å². The third kappa shape index (κ3) is 4.31. The Labute approximate surface area is 162 Å². The highest BCUT2D eigenvalue weighted by Gasteiger charge is 2.27. The fraction of sp³-hybridized carbons (Fsp3) is 0.316. The number of hydrogen-bond acceptors (Lipinski definition) is 7. The van der Waals surface area contributed by atoms with Crippen LogP contribution in [0.1, 0.15) is 10.4 Å². The van der Waals surface area contributed by atoms with Crippen molar-refractivity contribution in [3.05, 3.63) is 58.1 Å². The van der Waals surface area contributed by atoms with Gasteiger partial charge in [0.15, 0.2) is 0 Å². The number of carbonyl (C=O) groups excluding carboxylic acids is 1. The zero-order valence-corrected chi connectivity index (χ0v) is 15.3. The first kappa shape index (κ1) is 19.4. The molecule has 0 unspecified atom stereocenters. The molecule has 1 amide bonds. The van der Waals surface area contributed by atoms with Crippen molar-refractivity contribution in [3.8, 4) is 0 Å². The number of carbonyl (C=O) groups is 1. The first-order valence-corrected chi connectivity index (χ1v) is 8.70. The third-order valence-electron chi connectivity index (χ3n) is 4.32. The fourth-order valence-electron chi connectivity index (χ4n) is 2.82. The summed E-state index contributed by atoms with van der Waals surface area (Å²) in [6.45, 7) is 1.74. The van der Waals surface area contributed by atoms with Crippen molar-refractivity contribution in [1.82, 2.24) is 5.32 Å². The van der Waals surface area contributed by atoms with Crippen LogP contribution in [-0.2, 0) is 4.74 Å². The number of rotatable bonds is 8. The molecular weight excluding hydrogens is 364 g/mol. The Bertz CT molecular complexity index is 850. The second-order valence-electron chi connectivity index (χ2n) is 6.20. The number of ether oxygens (including phenoxy) is 1. The number of aliphatic hydroxyl groups is 1. The maximum Gasteiger partial charge on any atom is 0.292 e. The van der Waals surface area contributed by atoms with E-state index in [9.17, 15) is 14.9 Å². The SMILES string of the molecule is CNC(=O)c1ccc([N+](=O)[O-])c(Nc2c#cc(N3CC(OCCO)C3)cc2)c1. The predicted molar refractivity (Wildman–Crippen MR) is 103 cm³/mol. The van der Waals surface area contributed by atoms with Gasteiger partial charge in [0.25, 0.3) is 11.6 Å². The molecule has 1 fully saturated rings. The number of nitro groups is 1. The summed E-state index contributed by atoms with van der Waals surface area (Å²) in [5, 5.41) is 25.5. The second-order valence-corrected chi connectivity index (χ2v) is 6.20. The van der Waals surface area contributed by atoms with Crippen LogP contribution >= 0.6 is 0 Å². The van der Waals surface area contributed by atoms with E-state index in [-0.39, 0.29) is 30.0 Å². The lowest BCUT2D eigenvalue weighted by molar-refractivity contribution is -0.383. The Hall–Kier alpha value is -3.35. The number of nitro benzene ring substituents is 1. The van der Waals surface area contributed by atoms with Crippen LogP contribution in [0.2, 0.25) is 0 Å². The molecule has 28 heavy (non-hydrogen) atoms. The summed E-state index contributed by atoms with van der Waals surface area (Å²) in [4.78, 5) is 24.6. The molecule has 9 heteroatoms. The van der Waals surface area contributed by atoms with Gasteiger partial charge >= 0.3 is 0 Å². The highest BCUT2D eigenvalue weighted by Crippen LogP contribution is 2.29. The average molecular weight is 384 g/mol. The highest BCUT2D eigenvalue weighted by molar-refractivity contribution is 5.96. The Kier molecular flexibility index (Phi) is 5.93. The predicted octanol–water partition coefficient (Wildman–Crippen LogP) is 1.50. The second kappa shape index (κ2) is 8.56. The summed E-state index contributed by atoms with van der Waals surface area (Å²) in [5.41, 5.74) is 1.70. The van der Waals surface area contributed by atoms with E-state index in [1.807, 2.05) is 6.07 Å². The molecular formula is C19H20N4O5. The van der Waals surface area contributed by atoms with Gasteiger partial charge in [-0.15, -0.1) is 0 Å². The third-order valence-corrected chi connectivity index (χ3v) is 4.32. The molecule has 0 saturated carbocycles. The molecule has 3 N–H and O–H groups in total. The standard InChI is InChI=1S/C19H20N4O5/c1-20-19(25)13-2-7-18(23(26)27)17(10-13)21-14-3-5-15(6-4-14)22-11-16(12-22)28-9-8-24/h2-3,5,7,10,16,21,24H,8-9,11-12H2,1H3,(H,20,25). The molecule has 2 aromatic carbocycles. The number of benzene rings is 1. The van der Waals surface area contributed by atoms with Crippen molar-refractivity contribution in [3.63, 3.8) is 0 Å². The molecule has 0 spiro atoms. The summed E-state index contributed by atoms with van der Waals surface area (Å²) < 4.78 is 5.43. The van der Waals surface area contributed by atoms with Gasteiger partial charge in [0, 0.05) is 31.8 Å². The molecule has 0 aliphatic carbocycles. The molecule has 0 aromatic heterocycles. The molecule has 0 radical (unpaired) electrons. The Morgan fingerprint density at radius 3 is 2.75 bits per heavy atom. The number of nitrogens with zero attached hydrogens (tertiary/aromatic N) is 2. The van der Waals surface area contributed by atoms with E-state index in [4.69, 9.17) is 9.84 Å². The lowest BCUT2D eigenvalue weighted by Gasteiger charge is -2.39. The summed E-state index contributed by atoms with van der Waals surface area (Å²) in [6, 6.07) is 13.6. The van der Waals surface area contributed by atoms with E-state index in [1.165, 1.54) is 25.2 Å². The number of amides is 1. The number of aliphatic hydroxyl groups excluding tert-OH is 1. The van der Waals surface area contributed by atoms with Gasteiger partial charge in [0.2, 0.25) is 0 Å². The minimum atomic E-state index is -0.513. The van der Waals surface area contributed by atoms with Crippen molar-refractivity contribution in [2.45, 2.75) is 6.10 Å². The molecule has 9 nitrogen and oxygen atoms in total. The Morgan fingerprint density at radius 1 is 1.36 bits per heavy atom. The van der Waals surface area contributed by atoms with Crippen molar-refractivity contribution < 1.29 is 19.6 Å². The van der Waals surface area contributed by atoms with Crippen LogP contribution in [-0.4, -0.2) is 55.4 Å². The zero-order chi connectivity index (χ0) is 20.1. The van der Waals surface area contributed by atoms with Crippen LogP contribution in [0.3, 0.4) is 0 Å². The largest absolute Gasteiger partial charge is 0.394 e. The first-order valence-electron chi connectivity index (χ1n) is 8.70. The molecule has 0 bridgehead atoms. The van der Waals surface area contributed by atoms with Crippen molar-refractivity contribution in [2.75, 3.05) is 43.6 Å². The molecule has 1 saturated heterocycles. The summed E-state index contributed by atoms with van der Waals surface area (Å²) >= 11 is 0. The number of hydrogen-bond donors (Lipinski definition) is 3. The van der Waals surface area contributed by atoms with Crippen molar-refractivity contribution >= 4 is 28.7 Å². The average Bonchev–Trinajstić information content (AvgIpc) is 2.67. The summed E-state index contributed by atoms with van der Waals surface area (Å²) in [5.74, 6) is -0.334. The number of anilines is 3. The van der Waals surface area contributed by atoms with E-state index in [0.29, 0.717) is 30.9 Å². The van der Waals surface area contributed by atoms with Crippen LogP contribution in [0, 0.1) is 22.2 Å². The van der Waals surface area contributed by atoms with Crippen LogP contribution in [0.25, 0.3) is 0 Å². The van der Waals surface area contributed by atoms with Crippen molar-refractivity contribution in [2.24, 2.45) is 0 Å². The first-order chi connectivity index (χ1) is 13.5. The van der Waals surface area contributed by atoms with E-state index in [1.54, 1.807) is 6.07 Å². The van der Waals surface area contributed by atoms with Gasteiger partial charge in [-0.25, -0.2) is 0 Å². The maximum atomic E-state index is 11.8. The maximum absolute atomic E-state index is 11.8. The van der Waals surface area contributed by atoms with Crippen LogP contribution in [0.5, 0.6) is 0 Å². The number of nitrogens with one attached hydrogen (secondary N) is 2. The van der Waals surface area contributed by atoms with E-state index in [2.05, 4.69) is 27.7 Å². The van der Waals surface area contributed by atoms with Crippen LogP contribution in [0.15, 0.2) is 30.3 Å². The van der Waals surface area contributed by atoms with E-state index < -0.39 is 4.92 Å². The van der Waals surface area contributed by atoms with Gasteiger partial charge in [-0.3, -0.25) is 14.9 Å². The normalized spacial score (nSPS) is 13.4. The van der Waals surface area contributed by atoms with Crippen LogP contribution < -0.4 is 15.5 Å². The molecule has 2 aromatic rings. The lowest BCUT2D eigenvalue weighted by Crippen LogP contribution is -2.52. The van der Waals surface area contributed by atoms with Gasteiger partial charge in [-0.2, -0.15) is 0 Å². The van der Waals surface area contributed by atoms with Gasteiger partial charge in [0.05, 0.1) is 35.6 Å². The molecule has 3 rings (SSSR count). The molecule has 1 aliphatic rings. The molecule has 0 atom stereocenters. The van der Waals surface area contributed by atoms with Gasteiger partial charge in [-0.05, 0) is 36.4 Å². The Balaban J connectivity index is 1.70. The lowest BCUT2D eigenvalue weighted by atomic mass is 10.1. The summed E-state index contributed by atoms with van der Waals surface area (Å²) in [7, 11) is 1.49. The molecule has 1 heterocycles. The minimum absolute atomic E-state index is 0.00399. The fourth-order valence-corrected chi connectivity index (χ4v) is 2.82. The Morgan fingerprint density at radius 2 is 2.14 bits per heavy atom. The monoisotopic (exact) mass is 384 g/mol. The topological polar surface area (TPSA) is 117 Å². The smallest absolute Gasteiger partial charge is 0.292 e. The molecule has 146 valence electrons. The minimum Gasteiger partial charge on any atom is -0.394 e. The van der Waals surface area contributed by atoms with E-state index >= 15 is 0 Å². The van der Waals surface area contributed by atoms with Gasteiger partial charge in [-0.1, -0.05) is 0 Å².